The molecule has 0 saturated heterocycles. The molecule has 3 nitrogen and oxygen atoms in total. The maximum absolute atomic E-state index is 12.5. The summed E-state index contributed by atoms with van der Waals surface area (Å²) in [6.45, 7) is 13.6. The highest BCUT2D eigenvalue weighted by molar-refractivity contribution is 6.03. The third kappa shape index (κ3) is 7.62. The van der Waals surface area contributed by atoms with Crippen LogP contribution >= 0.6 is 0 Å². The summed E-state index contributed by atoms with van der Waals surface area (Å²) in [5, 5.41) is 0. The van der Waals surface area contributed by atoms with Gasteiger partial charge in [-0.2, -0.15) is 0 Å². The second-order valence-electron chi connectivity index (χ2n) is 6.54. The van der Waals surface area contributed by atoms with E-state index in [4.69, 9.17) is 4.74 Å². The summed E-state index contributed by atoms with van der Waals surface area (Å²) < 4.78 is 5.23. The van der Waals surface area contributed by atoms with Crippen molar-refractivity contribution in [2.75, 3.05) is 6.61 Å². The molecule has 0 aliphatic heterocycles. The Balaban J connectivity index is 5.10. The van der Waals surface area contributed by atoms with Gasteiger partial charge in [0.1, 0.15) is 11.2 Å². The molecule has 0 N–H and O–H groups in total. The standard InChI is InChI=1S/C20H34O3/c1-7-9-14-20(18(6)21,19(22)23-8-2)15-17(5)13-11-10-12-16(3)4/h13H,3,7-12,14-15H2,1-2,4-6H3. The quantitative estimate of drug-likeness (QED) is 0.209. The fourth-order valence-corrected chi connectivity index (χ4v) is 2.76. The summed E-state index contributed by atoms with van der Waals surface area (Å²) >= 11 is 0. The summed E-state index contributed by atoms with van der Waals surface area (Å²) in [6.07, 6.45) is 7.98. The Morgan fingerprint density at radius 2 is 1.78 bits per heavy atom. The van der Waals surface area contributed by atoms with E-state index in [0.717, 1.165) is 37.7 Å². The van der Waals surface area contributed by atoms with Crippen molar-refractivity contribution in [3.63, 3.8) is 0 Å². The summed E-state index contributed by atoms with van der Waals surface area (Å²) in [5.74, 6) is -0.449. The van der Waals surface area contributed by atoms with Gasteiger partial charge in [0.2, 0.25) is 0 Å². The number of carbonyl (C=O) groups excluding carboxylic acids is 2. The van der Waals surface area contributed by atoms with Crippen molar-refractivity contribution in [3.05, 3.63) is 23.8 Å². The molecule has 0 aromatic rings. The van der Waals surface area contributed by atoms with Crippen LogP contribution in [0, 0.1) is 5.41 Å². The molecule has 0 amide bonds. The van der Waals surface area contributed by atoms with Crippen LogP contribution in [-0.2, 0) is 14.3 Å². The molecule has 0 heterocycles. The highest BCUT2D eigenvalue weighted by Crippen LogP contribution is 2.35. The summed E-state index contributed by atoms with van der Waals surface area (Å²) in [6, 6.07) is 0. The fourth-order valence-electron chi connectivity index (χ4n) is 2.76. The first-order valence-electron chi connectivity index (χ1n) is 8.78. The molecule has 132 valence electrons. The third-order valence-electron chi connectivity index (χ3n) is 4.18. The van der Waals surface area contributed by atoms with Gasteiger partial charge in [0.05, 0.1) is 6.61 Å². The Labute approximate surface area is 142 Å². The van der Waals surface area contributed by atoms with Crippen LogP contribution in [-0.4, -0.2) is 18.4 Å². The molecule has 0 bridgehead atoms. The lowest BCUT2D eigenvalue weighted by Gasteiger charge is -2.29. The number of carbonyl (C=O) groups is 2. The summed E-state index contributed by atoms with van der Waals surface area (Å²) in [5.41, 5.74) is 1.26. The van der Waals surface area contributed by atoms with Crippen LogP contribution in [0.4, 0.5) is 0 Å². The van der Waals surface area contributed by atoms with Crippen molar-refractivity contribution in [1.82, 2.24) is 0 Å². The van der Waals surface area contributed by atoms with Crippen molar-refractivity contribution < 1.29 is 14.3 Å². The topological polar surface area (TPSA) is 43.4 Å². The average molecular weight is 322 g/mol. The van der Waals surface area contributed by atoms with Crippen molar-refractivity contribution in [2.45, 2.75) is 79.6 Å². The molecule has 1 unspecified atom stereocenters. The molecule has 0 spiro atoms. The van der Waals surface area contributed by atoms with Crippen LogP contribution in [0.3, 0.4) is 0 Å². The van der Waals surface area contributed by atoms with E-state index in [1.807, 2.05) is 13.8 Å². The van der Waals surface area contributed by atoms with Crippen molar-refractivity contribution in [1.29, 1.82) is 0 Å². The molecule has 0 fully saturated rings. The molecule has 0 aromatic heterocycles. The molecule has 0 aromatic carbocycles. The zero-order valence-electron chi connectivity index (χ0n) is 15.7. The maximum Gasteiger partial charge on any atom is 0.319 e. The van der Waals surface area contributed by atoms with Gasteiger partial charge in [-0.1, -0.05) is 37.0 Å². The SMILES string of the molecule is C=C(C)CCCC=C(C)CC(CCCC)(C(C)=O)C(=O)OCC. The molecule has 0 aliphatic carbocycles. The van der Waals surface area contributed by atoms with Crippen LogP contribution in [0.15, 0.2) is 23.8 Å². The number of hydrogen-bond acceptors (Lipinski definition) is 3. The van der Waals surface area contributed by atoms with Gasteiger partial charge < -0.3 is 4.74 Å². The average Bonchev–Trinajstić information content (AvgIpc) is 2.47. The minimum atomic E-state index is -1.01. The molecule has 3 heteroatoms. The zero-order chi connectivity index (χ0) is 17.9. The highest BCUT2D eigenvalue weighted by atomic mass is 16.5. The molecule has 0 aliphatic rings. The second-order valence-corrected chi connectivity index (χ2v) is 6.54. The zero-order valence-corrected chi connectivity index (χ0v) is 15.7. The van der Waals surface area contributed by atoms with Gasteiger partial charge in [-0.3, -0.25) is 9.59 Å². The lowest BCUT2D eigenvalue weighted by molar-refractivity contribution is -0.160. The van der Waals surface area contributed by atoms with Crippen molar-refractivity contribution in [2.24, 2.45) is 5.41 Å². The number of Topliss-reactive ketones (excluding diaryl/α,β-unsaturated/α-hetero) is 1. The maximum atomic E-state index is 12.5. The normalized spacial score (nSPS) is 14.2. The van der Waals surface area contributed by atoms with Crippen LogP contribution < -0.4 is 0 Å². The minimum Gasteiger partial charge on any atom is -0.465 e. The first kappa shape index (κ1) is 21.6. The Morgan fingerprint density at radius 1 is 1.13 bits per heavy atom. The molecule has 1 atom stereocenters. The van der Waals surface area contributed by atoms with Gasteiger partial charge in [-0.25, -0.2) is 0 Å². The molecule has 23 heavy (non-hydrogen) atoms. The van der Waals surface area contributed by atoms with E-state index in [9.17, 15) is 9.59 Å². The molecular formula is C20H34O3. The van der Waals surface area contributed by atoms with Gasteiger partial charge in [-0.15, -0.1) is 6.58 Å². The largest absolute Gasteiger partial charge is 0.465 e. The summed E-state index contributed by atoms with van der Waals surface area (Å²) in [7, 11) is 0. The number of ether oxygens (including phenoxy) is 1. The monoisotopic (exact) mass is 322 g/mol. The van der Waals surface area contributed by atoms with E-state index in [1.165, 1.54) is 12.5 Å². The number of allylic oxidation sites excluding steroid dienone is 3. The Kier molecular flexibility index (Phi) is 10.5. The van der Waals surface area contributed by atoms with Gasteiger partial charge in [0.15, 0.2) is 0 Å². The Hall–Kier alpha value is -1.38. The summed E-state index contributed by atoms with van der Waals surface area (Å²) in [4.78, 5) is 24.8. The number of hydrogen-bond donors (Lipinski definition) is 0. The fraction of sp³-hybridized carbons (Fsp3) is 0.700. The first-order valence-corrected chi connectivity index (χ1v) is 8.78. The van der Waals surface area contributed by atoms with E-state index >= 15 is 0 Å². The number of unbranched alkanes of at least 4 members (excludes halogenated alkanes) is 2. The molecule has 0 radical (unpaired) electrons. The number of ketones is 1. The molecular weight excluding hydrogens is 288 g/mol. The molecule has 0 rings (SSSR count). The van der Waals surface area contributed by atoms with Crippen LogP contribution in [0.2, 0.25) is 0 Å². The van der Waals surface area contributed by atoms with Gasteiger partial charge in [0, 0.05) is 0 Å². The van der Waals surface area contributed by atoms with Gasteiger partial charge >= 0.3 is 5.97 Å². The van der Waals surface area contributed by atoms with Crippen LogP contribution in [0.1, 0.15) is 79.6 Å². The lowest BCUT2D eigenvalue weighted by atomic mass is 9.74. The van der Waals surface area contributed by atoms with Crippen LogP contribution in [0.25, 0.3) is 0 Å². The van der Waals surface area contributed by atoms with Gasteiger partial charge in [0.25, 0.3) is 0 Å². The van der Waals surface area contributed by atoms with Crippen LogP contribution in [0.5, 0.6) is 0 Å². The van der Waals surface area contributed by atoms with E-state index in [1.54, 1.807) is 6.92 Å². The Bertz CT molecular complexity index is 434. The van der Waals surface area contributed by atoms with Gasteiger partial charge in [-0.05, 0) is 59.8 Å². The predicted molar refractivity (Wildman–Crippen MR) is 96.3 cm³/mol. The van der Waals surface area contributed by atoms with Crippen molar-refractivity contribution >= 4 is 11.8 Å². The van der Waals surface area contributed by atoms with E-state index in [-0.39, 0.29) is 11.8 Å². The van der Waals surface area contributed by atoms with E-state index in [0.29, 0.717) is 19.4 Å². The first-order chi connectivity index (χ1) is 10.8. The van der Waals surface area contributed by atoms with Crippen molar-refractivity contribution in [3.8, 4) is 0 Å². The highest BCUT2D eigenvalue weighted by Gasteiger charge is 2.43. The van der Waals surface area contributed by atoms with E-state index < -0.39 is 5.41 Å². The van der Waals surface area contributed by atoms with E-state index in [2.05, 4.69) is 19.6 Å². The number of esters is 1. The predicted octanol–water partition coefficient (Wildman–Crippen LogP) is 5.40. The lowest BCUT2D eigenvalue weighted by Crippen LogP contribution is -2.40. The smallest absolute Gasteiger partial charge is 0.319 e. The molecule has 0 saturated carbocycles. The second kappa shape index (κ2) is 11.2. The third-order valence-corrected chi connectivity index (χ3v) is 4.18. The Morgan fingerprint density at radius 3 is 2.26 bits per heavy atom. The minimum absolute atomic E-state index is 0.0842. The number of rotatable bonds is 12.